The molecule has 2 heterocycles. The largest absolute Gasteiger partial charge is 0.423 e. The molecule has 2 aromatic carbocycles. The third kappa shape index (κ3) is 3.93. The van der Waals surface area contributed by atoms with Gasteiger partial charge in [0, 0.05) is 23.8 Å². The lowest BCUT2D eigenvalue weighted by Crippen LogP contribution is -2.03. The van der Waals surface area contributed by atoms with E-state index in [0.717, 1.165) is 22.9 Å². The van der Waals surface area contributed by atoms with Crippen LogP contribution < -0.4 is 5.63 Å². The Morgan fingerprint density at radius 3 is 2.80 bits per heavy atom. The van der Waals surface area contributed by atoms with Crippen molar-refractivity contribution < 1.29 is 8.81 Å². The molecule has 0 atom stereocenters. The third-order valence-corrected chi connectivity index (χ3v) is 5.82. The predicted octanol–water partition coefficient (Wildman–Crippen LogP) is 5.23. The van der Waals surface area contributed by atoms with Crippen LogP contribution >= 0.6 is 11.8 Å². The van der Waals surface area contributed by atoms with Gasteiger partial charge in [0.25, 0.3) is 0 Å². The van der Waals surface area contributed by atoms with Gasteiger partial charge in [0.1, 0.15) is 11.4 Å². The number of hydrogen-bond donors (Lipinski definition) is 0. The number of fused-ring (bicyclic) bond motifs is 1. The molecule has 0 saturated heterocycles. The van der Waals surface area contributed by atoms with Gasteiger partial charge in [-0.25, -0.2) is 9.18 Å². The van der Waals surface area contributed by atoms with Crippen molar-refractivity contribution >= 4 is 22.7 Å². The highest BCUT2D eigenvalue weighted by Crippen LogP contribution is 2.30. The minimum atomic E-state index is -0.383. The lowest BCUT2D eigenvalue weighted by Gasteiger charge is -2.09. The molecule has 0 aliphatic rings. The fraction of sp³-hybridized carbons (Fsp3) is 0.174. The van der Waals surface area contributed by atoms with E-state index < -0.39 is 0 Å². The molecule has 4 rings (SSSR count). The molecule has 7 heteroatoms. The molecular formula is C23H20FN3O2S. The first-order chi connectivity index (χ1) is 14.6. The lowest BCUT2D eigenvalue weighted by atomic mass is 10.1. The second-order valence-electron chi connectivity index (χ2n) is 6.75. The van der Waals surface area contributed by atoms with Gasteiger partial charge in [-0.2, -0.15) is 0 Å². The highest BCUT2D eigenvalue weighted by molar-refractivity contribution is 7.98. The topological polar surface area (TPSA) is 60.9 Å². The molecule has 0 amide bonds. The molecule has 0 bridgehead atoms. The molecule has 30 heavy (non-hydrogen) atoms. The van der Waals surface area contributed by atoms with E-state index in [4.69, 9.17) is 4.42 Å². The zero-order valence-electron chi connectivity index (χ0n) is 16.5. The van der Waals surface area contributed by atoms with Gasteiger partial charge in [-0.05, 0) is 35.7 Å². The van der Waals surface area contributed by atoms with Crippen LogP contribution in [0.2, 0.25) is 0 Å². The van der Waals surface area contributed by atoms with E-state index in [1.54, 1.807) is 24.3 Å². The lowest BCUT2D eigenvalue weighted by molar-refractivity contribution is 0.559. The number of allylic oxidation sites excluding steroid dienone is 1. The maximum Gasteiger partial charge on any atom is 0.336 e. The number of hydrogen-bond acceptors (Lipinski definition) is 5. The van der Waals surface area contributed by atoms with E-state index in [1.165, 1.54) is 23.9 Å². The van der Waals surface area contributed by atoms with Gasteiger partial charge in [-0.3, -0.25) is 4.57 Å². The summed E-state index contributed by atoms with van der Waals surface area (Å²) >= 11 is 1.43. The second-order valence-corrected chi connectivity index (χ2v) is 7.69. The van der Waals surface area contributed by atoms with E-state index in [2.05, 4.69) is 23.7 Å². The predicted molar refractivity (Wildman–Crippen MR) is 117 cm³/mol. The average molecular weight is 421 g/mol. The average Bonchev–Trinajstić information content (AvgIpc) is 3.14. The molecule has 0 spiro atoms. The summed E-state index contributed by atoms with van der Waals surface area (Å²) in [5.74, 6) is 0.589. The van der Waals surface area contributed by atoms with Crippen molar-refractivity contribution in [3.8, 4) is 11.4 Å². The van der Waals surface area contributed by atoms with Gasteiger partial charge in [0.05, 0.1) is 5.56 Å². The number of rotatable bonds is 7. The summed E-state index contributed by atoms with van der Waals surface area (Å²) in [5.41, 5.74) is 2.55. The van der Waals surface area contributed by atoms with Crippen LogP contribution in [-0.4, -0.2) is 14.8 Å². The number of thioether (sulfide) groups is 1. The molecule has 4 aromatic rings. The molecule has 0 saturated carbocycles. The molecule has 0 fully saturated rings. The first-order valence-corrected chi connectivity index (χ1v) is 10.6. The Morgan fingerprint density at radius 2 is 2.03 bits per heavy atom. The standard InChI is InChI=1S/C23H20FN3O2S/c1-3-11-27-22(18-7-5-6-8-19(18)24)25-26-23(27)30-14-16-13-21(28)29-20-12-15(4-2)9-10-17(16)20/h3,5-10,12-13H,1,4,11,14H2,2H3. The number of aryl methyl sites for hydroxylation is 1. The monoisotopic (exact) mass is 421 g/mol. The highest BCUT2D eigenvalue weighted by Gasteiger charge is 2.17. The molecule has 5 nitrogen and oxygen atoms in total. The van der Waals surface area contributed by atoms with Crippen LogP contribution in [0, 0.1) is 5.82 Å². The molecule has 0 aliphatic carbocycles. The van der Waals surface area contributed by atoms with Crippen LogP contribution in [0.5, 0.6) is 0 Å². The second kappa shape index (κ2) is 8.67. The Hall–Kier alpha value is -3.19. The van der Waals surface area contributed by atoms with E-state index in [1.807, 2.05) is 22.8 Å². The van der Waals surface area contributed by atoms with Crippen LogP contribution in [0.15, 0.2) is 75.6 Å². The van der Waals surface area contributed by atoms with Crippen molar-refractivity contribution in [2.75, 3.05) is 0 Å². The number of halogens is 1. The summed E-state index contributed by atoms with van der Waals surface area (Å²) in [6.45, 7) is 6.28. The Morgan fingerprint density at radius 1 is 1.20 bits per heavy atom. The third-order valence-electron chi connectivity index (χ3n) is 4.80. The Balaban J connectivity index is 1.68. The SMILES string of the molecule is C=CCn1c(SCc2cc(=O)oc3cc(CC)ccc23)nnc1-c1ccccc1F. The van der Waals surface area contributed by atoms with Gasteiger partial charge >= 0.3 is 5.63 Å². The molecule has 152 valence electrons. The van der Waals surface area contributed by atoms with Gasteiger partial charge in [-0.1, -0.05) is 49.0 Å². The van der Waals surface area contributed by atoms with Crippen molar-refractivity contribution in [3.05, 3.63) is 88.6 Å². The zero-order chi connectivity index (χ0) is 21.1. The Bertz CT molecular complexity index is 1280. The first kappa shape index (κ1) is 20.1. The summed E-state index contributed by atoms with van der Waals surface area (Å²) in [6.07, 6.45) is 2.58. The molecule has 2 aromatic heterocycles. The first-order valence-electron chi connectivity index (χ1n) is 9.58. The highest BCUT2D eigenvalue weighted by atomic mass is 32.2. The number of aromatic nitrogens is 3. The summed E-state index contributed by atoms with van der Waals surface area (Å²) in [5, 5.41) is 9.98. The van der Waals surface area contributed by atoms with Crippen molar-refractivity contribution in [1.82, 2.24) is 14.8 Å². The summed E-state index contributed by atoms with van der Waals surface area (Å²) in [6, 6.07) is 13.9. The maximum absolute atomic E-state index is 14.3. The zero-order valence-corrected chi connectivity index (χ0v) is 17.3. The summed E-state index contributed by atoms with van der Waals surface area (Å²) < 4.78 is 21.5. The van der Waals surface area contributed by atoms with Gasteiger partial charge in [0.2, 0.25) is 0 Å². The van der Waals surface area contributed by atoms with Crippen molar-refractivity contribution in [2.45, 2.75) is 30.8 Å². The van der Waals surface area contributed by atoms with Crippen LogP contribution in [0.25, 0.3) is 22.4 Å². The van der Waals surface area contributed by atoms with E-state index in [9.17, 15) is 9.18 Å². The van der Waals surface area contributed by atoms with Crippen molar-refractivity contribution in [1.29, 1.82) is 0 Å². The fourth-order valence-corrected chi connectivity index (χ4v) is 4.23. The van der Waals surface area contributed by atoms with Crippen LogP contribution in [-0.2, 0) is 18.7 Å². The molecule has 0 radical (unpaired) electrons. The van der Waals surface area contributed by atoms with Crippen LogP contribution in [0.4, 0.5) is 4.39 Å². The van der Waals surface area contributed by atoms with E-state index >= 15 is 0 Å². The van der Waals surface area contributed by atoms with Crippen LogP contribution in [0.1, 0.15) is 18.1 Å². The Kier molecular flexibility index (Phi) is 5.81. The molecule has 0 N–H and O–H groups in total. The molecule has 0 aliphatic heterocycles. The summed E-state index contributed by atoms with van der Waals surface area (Å²) in [7, 11) is 0. The number of benzene rings is 2. The van der Waals surface area contributed by atoms with Gasteiger partial charge < -0.3 is 4.42 Å². The van der Waals surface area contributed by atoms with Crippen LogP contribution in [0.3, 0.4) is 0 Å². The van der Waals surface area contributed by atoms with Crippen molar-refractivity contribution in [2.24, 2.45) is 0 Å². The maximum atomic E-state index is 14.3. The minimum absolute atomic E-state index is 0.356. The minimum Gasteiger partial charge on any atom is -0.423 e. The normalized spacial score (nSPS) is 11.1. The van der Waals surface area contributed by atoms with Gasteiger partial charge in [-0.15, -0.1) is 16.8 Å². The van der Waals surface area contributed by atoms with Gasteiger partial charge in [0.15, 0.2) is 11.0 Å². The fourth-order valence-electron chi connectivity index (χ4n) is 3.29. The van der Waals surface area contributed by atoms with Crippen molar-refractivity contribution in [3.63, 3.8) is 0 Å². The van der Waals surface area contributed by atoms with E-state index in [0.29, 0.717) is 34.4 Å². The quantitative estimate of drug-likeness (QED) is 0.232. The summed E-state index contributed by atoms with van der Waals surface area (Å²) in [4.78, 5) is 12.0. The smallest absolute Gasteiger partial charge is 0.336 e. The molecule has 0 unspecified atom stereocenters. The Labute approximate surface area is 177 Å². The number of nitrogens with zero attached hydrogens (tertiary/aromatic N) is 3. The molecular weight excluding hydrogens is 401 g/mol. The van der Waals surface area contributed by atoms with E-state index in [-0.39, 0.29) is 11.4 Å².